The molecule has 2 N–H and O–H groups in total. The second kappa shape index (κ2) is 9.34. The minimum Gasteiger partial charge on any atom is -0.496 e. The van der Waals surface area contributed by atoms with Gasteiger partial charge in [0.15, 0.2) is 0 Å². The maximum absolute atomic E-state index is 13.6. The van der Waals surface area contributed by atoms with E-state index in [4.69, 9.17) is 10.5 Å². The van der Waals surface area contributed by atoms with Crippen molar-refractivity contribution in [2.75, 3.05) is 20.2 Å². The lowest BCUT2D eigenvalue weighted by Gasteiger charge is -2.33. The molecule has 1 aromatic heterocycles. The number of primary amides is 1. The number of benzene rings is 2. The van der Waals surface area contributed by atoms with Crippen molar-refractivity contribution < 1.29 is 18.7 Å². The van der Waals surface area contributed by atoms with Crippen LogP contribution in [-0.4, -0.2) is 41.9 Å². The molecule has 32 heavy (non-hydrogen) atoms. The van der Waals surface area contributed by atoms with Crippen LogP contribution in [0.2, 0.25) is 0 Å². The van der Waals surface area contributed by atoms with Gasteiger partial charge in [-0.05, 0) is 55.2 Å². The fourth-order valence-corrected chi connectivity index (χ4v) is 4.41. The van der Waals surface area contributed by atoms with Crippen molar-refractivity contribution in [3.63, 3.8) is 0 Å². The monoisotopic (exact) mass is 435 g/mol. The van der Waals surface area contributed by atoms with Gasteiger partial charge in [-0.3, -0.25) is 14.6 Å². The summed E-state index contributed by atoms with van der Waals surface area (Å²) in [6.07, 6.45) is 2.58. The number of methoxy groups -OCH3 is 1. The number of halogens is 1. The third-order valence-corrected chi connectivity index (χ3v) is 6.03. The van der Waals surface area contributed by atoms with Crippen molar-refractivity contribution in [3.05, 3.63) is 71.2 Å². The standard InChI is InChI=1S/C25H26FN3O3/c1-32-22-7-3-2-5-16(22)8-11-23(30)29-12-4-6-17(15-29)24-20(25(27)31)14-18-13-19(26)9-10-21(18)28-24/h2-3,5,7,9-10,13-14,17H,4,6,8,11-12,15H2,1H3,(H2,27,31)/t17-/m1/s1. The summed E-state index contributed by atoms with van der Waals surface area (Å²) in [7, 11) is 1.62. The highest BCUT2D eigenvalue weighted by molar-refractivity contribution is 5.98. The van der Waals surface area contributed by atoms with Crippen LogP contribution >= 0.6 is 0 Å². The van der Waals surface area contributed by atoms with Crippen LogP contribution in [-0.2, 0) is 11.2 Å². The summed E-state index contributed by atoms with van der Waals surface area (Å²) < 4.78 is 19.0. The number of hydrogen-bond donors (Lipinski definition) is 1. The summed E-state index contributed by atoms with van der Waals surface area (Å²) in [6.45, 7) is 1.15. The zero-order chi connectivity index (χ0) is 22.7. The molecule has 6 nitrogen and oxygen atoms in total. The highest BCUT2D eigenvalue weighted by Gasteiger charge is 2.28. The van der Waals surface area contributed by atoms with Gasteiger partial charge in [0, 0.05) is 30.8 Å². The average molecular weight is 435 g/mol. The molecular weight excluding hydrogens is 409 g/mol. The third-order valence-electron chi connectivity index (χ3n) is 6.03. The summed E-state index contributed by atoms with van der Waals surface area (Å²) in [5.41, 5.74) is 8.09. The van der Waals surface area contributed by atoms with E-state index in [1.807, 2.05) is 29.2 Å². The fourth-order valence-electron chi connectivity index (χ4n) is 4.41. The van der Waals surface area contributed by atoms with Crippen molar-refractivity contribution in [1.82, 2.24) is 9.88 Å². The normalized spacial score (nSPS) is 16.2. The maximum Gasteiger partial charge on any atom is 0.250 e. The van der Waals surface area contributed by atoms with Gasteiger partial charge < -0.3 is 15.4 Å². The molecule has 1 aliphatic rings. The van der Waals surface area contributed by atoms with Gasteiger partial charge in [0.1, 0.15) is 11.6 Å². The summed E-state index contributed by atoms with van der Waals surface area (Å²) in [6, 6.07) is 13.6. The van der Waals surface area contributed by atoms with Crippen LogP contribution < -0.4 is 10.5 Å². The summed E-state index contributed by atoms with van der Waals surface area (Å²) in [5.74, 6) is -0.259. The van der Waals surface area contributed by atoms with Gasteiger partial charge in [0.2, 0.25) is 5.91 Å². The van der Waals surface area contributed by atoms with E-state index in [-0.39, 0.29) is 17.4 Å². The molecule has 3 aromatic rings. The van der Waals surface area contributed by atoms with Crippen LogP contribution in [0.15, 0.2) is 48.5 Å². The zero-order valence-electron chi connectivity index (χ0n) is 18.0. The lowest BCUT2D eigenvalue weighted by atomic mass is 9.90. The lowest BCUT2D eigenvalue weighted by Crippen LogP contribution is -2.40. The zero-order valence-corrected chi connectivity index (χ0v) is 18.0. The number of amides is 2. The smallest absolute Gasteiger partial charge is 0.250 e. The Balaban J connectivity index is 1.52. The van der Waals surface area contributed by atoms with E-state index in [1.165, 1.54) is 12.1 Å². The first-order valence-electron chi connectivity index (χ1n) is 10.8. The van der Waals surface area contributed by atoms with Gasteiger partial charge in [-0.15, -0.1) is 0 Å². The van der Waals surface area contributed by atoms with Gasteiger partial charge in [-0.25, -0.2) is 4.39 Å². The van der Waals surface area contributed by atoms with E-state index in [0.29, 0.717) is 42.5 Å². The molecule has 1 fully saturated rings. The van der Waals surface area contributed by atoms with Crippen LogP contribution in [0.5, 0.6) is 5.75 Å². The van der Waals surface area contributed by atoms with Gasteiger partial charge >= 0.3 is 0 Å². The summed E-state index contributed by atoms with van der Waals surface area (Å²) in [4.78, 5) is 31.6. The fraction of sp³-hybridized carbons (Fsp3) is 0.320. The first-order chi connectivity index (χ1) is 15.5. The topological polar surface area (TPSA) is 85.5 Å². The molecule has 4 rings (SSSR count). The largest absolute Gasteiger partial charge is 0.496 e. The number of carbonyl (C=O) groups is 2. The van der Waals surface area contributed by atoms with Crippen molar-refractivity contribution in [1.29, 1.82) is 0 Å². The Morgan fingerprint density at radius 1 is 1.22 bits per heavy atom. The minimum atomic E-state index is -0.599. The Labute approximate surface area is 186 Å². The Morgan fingerprint density at radius 2 is 2.03 bits per heavy atom. The number of carbonyl (C=O) groups excluding carboxylic acids is 2. The molecule has 2 amide bonds. The quantitative estimate of drug-likeness (QED) is 0.638. The number of pyridine rings is 1. The second-order valence-electron chi connectivity index (χ2n) is 8.11. The van der Waals surface area contributed by atoms with E-state index >= 15 is 0 Å². The van der Waals surface area contributed by atoms with Crippen molar-refractivity contribution in [2.45, 2.75) is 31.6 Å². The van der Waals surface area contributed by atoms with Crippen molar-refractivity contribution >= 4 is 22.7 Å². The number of nitrogens with zero attached hydrogens (tertiary/aromatic N) is 2. The van der Waals surface area contributed by atoms with Gasteiger partial charge in [-0.2, -0.15) is 0 Å². The molecule has 0 saturated carbocycles. The molecule has 0 radical (unpaired) electrons. The molecule has 0 aliphatic carbocycles. The van der Waals surface area contributed by atoms with Gasteiger partial charge in [0.05, 0.1) is 23.9 Å². The number of hydrogen-bond acceptors (Lipinski definition) is 4. The number of nitrogens with two attached hydrogens (primary N) is 1. The van der Waals surface area contributed by atoms with E-state index in [2.05, 4.69) is 4.98 Å². The Kier molecular flexibility index (Phi) is 6.35. The first-order valence-corrected chi connectivity index (χ1v) is 10.8. The molecule has 166 valence electrons. The molecule has 1 atom stereocenters. The van der Waals surface area contributed by atoms with Crippen LogP contribution in [0.3, 0.4) is 0 Å². The van der Waals surface area contributed by atoms with Crippen LogP contribution in [0.1, 0.15) is 46.8 Å². The van der Waals surface area contributed by atoms with Gasteiger partial charge in [0.25, 0.3) is 5.91 Å². The van der Waals surface area contributed by atoms with E-state index < -0.39 is 11.7 Å². The Bertz CT molecular complexity index is 1160. The van der Waals surface area contributed by atoms with Crippen molar-refractivity contribution in [2.24, 2.45) is 5.73 Å². The molecule has 0 unspecified atom stereocenters. The Hall–Kier alpha value is -3.48. The highest BCUT2D eigenvalue weighted by Crippen LogP contribution is 2.31. The molecule has 1 aliphatic heterocycles. The van der Waals surface area contributed by atoms with Crippen LogP contribution in [0.4, 0.5) is 4.39 Å². The van der Waals surface area contributed by atoms with E-state index in [9.17, 15) is 14.0 Å². The number of likely N-dealkylation sites (tertiary alicyclic amines) is 1. The molecule has 2 aromatic carbocycles. The number of aryl methyl sites for hydroxylation is 1. The number of fused-ring (bicyclic) bond motifs is 1. The molecular formula is C25H26FN3O3. The first kappa shape index (κ1) is 21.7. The molecule has 7 heteroatoms. The SMILES string of the molecule is COc1ccccc1CCC(=O)N1CCC[C@@H](c2nc3ccc(F)cc3cc2C(N)=O)C1. The van der Waals surface area contributed by atoms with Gasteiger partial charge in [-0.1, -0.05) is 18.2 Å². The third kappa shape index (κ3) is 4.56. The molecule has 0 spiro atoms. The molecule has 0 bridgehead atoms. The van der Waals surface area contributed by atoms with Crippen molar-refractivity contribution in [3.8, 4) is 5.75 Å². The predicted molar refractivity (Wildman–Crippen MR) is 120 cm³/mol. The minimum absolute atomic E-state index is 0.0593. The summed E-state index contributed by atoms with van der Waals surface area (Å²) >= 11 is 0. The van der Waals surface area contributed by atoms with E-state index in [0.717, 1.165) is 24.2 Å². The van der Waals surface area contributed by atoms with Crippen LogP contribution in [0.25, 0.3) is 10.9 Å². The Morgan fingerprint density at radius 3 is 2.81 bits per heavy atom. The summed E-state index contributed by atoms with van der Waals surface area (Å²) in [5, 5.41) is 0.531. The van der Waals surface area contributed by atoms with E-state index in [1.54, 1.807) is 19.2 Å². The van der Waals surface area contributed by atoms with Crippen LogP contribution in [0, 0.1) is 5.82 Å². The maximum atomic E-state index is 13.6. The number of rotatable bonds is 6. The lowest BCUT2D eigenvalue weighted by molar-refractivity contribution is -0.132. The number of ether oxygens (including phenoxy) is 1. The number of piperidine rings is 1. The molecule has 1 saturated heterocycles. The molecule has 2 heterocycles. The second-order valence-corrected chi connectivity index (χ2v) is 8.11. The number of aromatic nitrogens is 1. The highest BCUT2D eigenvalue weighted by atomic mass is 19.1. The number of para-hydroxylation sites is 1. The predicted octanol–water partition coefficient (Wildman–Crippen LogP) is 3.82. The average Bonchev–Trinajstić information content (AvgIpc) is 2.81.